The second-order valence-electron chi connectivity index (χ2n) is 20.0. The molecule has 4 aliphatic carbocycles. The molecule has 0 amide bonds. The Labute approximate surface area is 290 Å². The highest BCUT2D eigenvalue weighted by atomic mass is 16.5. The molecule has 1 N–H and O–H groups in total. The third-order valence-electron chi connectivity index (χ3n) is 14.5. The Morgan fingerprint density at radius 2 is 1.43 bits per heavy atom. The molecular weight excluding hydrogens is 576 g/mol. The normalized spacial score (nSPS) is 35.0. The van der Waals surface area contributed by atoms with Gasteiger partial charge in [-0.2, -0.15) is 0 Å². The molecule has 4 saturated carbocycles. The topological polar surface area (TPSA) is 38.7 Å². The maximum Gasteiger partial charge on any atom is 0.123 e. The van der Waals surface area contributed by atoms with E-state index in [0.29, 0.717) is 42.5 Å². The molecule has 9 atom stereocenters. The molecule has 1 aromatic rings. The van der Waals surface area contributed by atoms with Crippen LogP contribution in [-0.4, -0.2) is 24.4 Å². The summed E-state index contributed by atoms with van der Waals surface area (Å²) in [6.07, 6.45) is 17.3. The molecule has 3 heteroatoms. The third-order valence-corrected chi connectivity index (χ3v) is 14.5. The molecule has 0 spiro atoms. The van der Waals surface area contributed by atoms with E-state index in [-0.39, 0.29) is 10.8 Å². The summed E-state index contributed by atoms with van der Waals surface area (Å²) < 4.78 is 12.7. The number of hydrogen-bond acceptors (Lipinski definition) is 3. The highest BCUT2D eigenvalue weighted by Crippen LogP contribution is 2.68. The quantitative estimate of drug-likeness (QED) is 0.242. The average Bonchev–Trinajstić information content (AvgIpc) is 3.33. The second kappa shape index (κ2) is 14.3. The third kappa shape index (κ3) is 7.82. The van der Waals surface area contributed by atoms with Crippen molar-refractivity contribution in [3.8, 4) is 5.75 Å². The molecular formula is C44H74O3. The van der Waals surface area contributed by atoms with Crippen molar-refractivity contribution in [3.05, 3.63) is 28.8 Å². The van der Waals surface area contributed by atoms with E-state index in [4.69, 9.17) is 9.47 Å². The number of fused-ring (bicyclic) bond motifs is 5. The minimum atomic E-state index is -0.125. The first kappa shape index (κ1) is 37.2. The van der Waals surface area contributed by atoms with E-state index >= 15 is 0 Å². The number of ether oxygens (including phenoxy) is 2. The summed E-state index contributed by atoms with van der Waals surface area (Å²) in [5, 5.41) is 11.1. The monoisotopic (exact) mass is 651 g/mol. The highest BCUT2D eigenvalue weighted by molar-refractivity contribution is 5.49. The zero-order valence-corrected chi connectivity index (χ0v) is 32.6. The minimum absolute atomic E-state index is 0.125. The molecule has 0 radical (unpaired) electrons. The van der Waals surface area contributed by atoms with Gasteiger partial charge in [0.2, 0.25) is 0 Å². The highest BCUT2D eigenvalue weighted by Gasteiger charge is 2.60. The van der Waals surface area contributed by atoms with Crippen LogP contribution in [-0.2, 0) is 26.9 Å². The molecule has 5 rings (SSSR count). The predicted octanol–water partition coefficient (Wildman–Crippen LogP) is 12.0. The van der Waals surface area contributed by atoms with Gasteiger partial charge in [0.05, 0.1) is 25.9 Å². The van der Waals surface area contributed by atoms with Crippen molar-refractivity contribution >= 4 is 0 Å². The standard InChI is InChI=1S/C44H74O3/c1-29(2)13-12-14-30(3)35-17-18-36-34-16-15-32-27-33(19-21-43(32,10)37(34)20-22-44(35,36)11)47-24-23-46-28-31-25-38(41(4,5)6)40(45)39(26-31)42(7,8)9/h25-26,29-30,32-37,45H,12-24,27-28H2,1-11H3/t30-,32?,33+,34?,35-,36?,37?,43+,44-/m1/s1. The second-order valence-corrected chi connectivity index (χ2v) is 20.0. The molecule has 4 unspecified atom stereocenters. The lowest BCUT2D eigenvalue weighted by Gasteiger charge is -2.61. The minimum Gasteiger partial charge on any atom is -0.507 e. The van der Waals surface area contributed by atoms with E-state index in [0.717, 1.165) is 58.1 Å². The van der Waals surface area contributed by atoms with Crippen LogP contribution < -0.4 is 0 Å². The first-order valence-electron chi connectivity index (χ1n) is 20.0. The largest absolute Gasteiger partial charge is 0.507 e. The van der Waals surface area contributed by atoms with Crippen molar-refractivity contribution in [1.82, 2.24) is 0 Å². The number of phenols is 1. The predicted molar refractivity (Wildman–Crippen MR) is 198 cm³/mol. The van der Waals surface area contributed by atoms with E-state index in [1.807, 2.05) is 0 Å². The molecule has 47 heavy (non-hydrogen) atoms. The van der Waals surface area contributed by atoms with E-state index in [1.165, 1.54) is 77.0 Å². The summed E-state index contributed by atoms with van der Waals surface area (Å²) in [5.41, 5.74) is 3.99. The zero-order chi connectivity index (χ0) is 34.4. The van der Waals surface area contributed by atoms with Gasteiger partial charge >= 0.3 is 0 Å². The van der Waals surface area contributed by atoms with Crippen molar-refractivity contribution in [1.29, 1.82) is 0 Å². The molecule has 4 fully saturated rings. The van der Waals surface area contributed by atoms with Crippen LogP contribution in [0.5, 0.6) is 5.75 Å². The Hall–Kier alpha value is -1.06. The number of phenolic OH excluding ortho intramolecular Hbond substituents is 1. The van der Waals surface area contributed by atoms with Gasteiger partial charge in [-0.25, -0.2) is 0 Å². The smallest absolute Gasteiger partial charge is 0.123 e. The van der Waals surface area contributed by atoms with Gasteiger partial charge < -0.3 is 14.6 Å². The van der Waals surface area contributed by atoms with E-state index in [2.05, 4.69) is 88.3 Å². The lowest BCUT2D eigenvalue weighted by Crippen LogP contribution is -2.54. The van der Waals surface area contributed by atoms with Crippen LogP contribution in [0.25, 0.3) is 0 Å². The Balaban J connectivity index is 1.11. The summed E-state index contributed by atoms with van der Waals surface area (Å²) >= 11 is 0. The first-order valence-corrected chi connectivity index (χ1v) is 20.0. The molecule has 1 aromatic carbocycles. The van der Waals surface area contributed by atoms with Gasteiger partial charge in [0, 0.05) is 0 Å². The molecule has 3 nitrogen and oxygen atoms in total. The fourth-order valence-electron chi connectivity index (χ4n) is 11.8. The van der Waals surface area contributed by atoms with Gasteiger partial charge in [-0.05, 0) is 150 Å². The molecule has 0 bridgehead atoms. The molecule has 0 aliphatic heterocycles. The van der Waals surface area contributed by atoms with Crippen molar-refractivity contribution in [3.63, 3.8) is 0 Å². The maximum atomic E-state index is 11.1. The van der Waals surface area contributed by atoms with Crippen LogP contribution >= 0.6 is 0 Å². The van der Waals surface area contributed by atoms with Crippen LogP contribution in [0.4, 0.5) is 0 Å². The SMILES string of the molecule is CC(C)CCC[C@@H](C)[C@H]1CCC2C3CCC4C[C@@H](OCCOCc5cc(C(C)(C)C)c(O)c(C(C)(C)C)c5)CC[C@]4(C)C3CC[C@@]21C. The Kier molecular flexibility index (Phi) is 11.3. The summed E-state index contributed by atoms with van der Waals surface area (Å²) in [7, 11) is 0. The lowest BCUT2D eigenvalue weighted by molar-refractivity contribution is -0.139. The van der Waals surface area contributed by atoms with Gasteiger partial charge in [-0.15, -0.1) is 0 Å². The summed E-state index contributed by atoms with van der Waals surface area (Å²) in [6, 6.07) is 4.27. The van der Waals surface area contributed by atoms with Crippen LogP contribution in [0.2, 0.25) is 0 Å². The van der Waals surface area contributed by atoms with Gasteiger partial charge in [0.1, 0.15) is 5.75 Å². The van der Waals surface area contributed by atoms with Crippen molar-refractivity contribution in [2.45, 2.75) is 177 Å². The van der Waals surface area contributed by atoms with Crippen LogP contribution in [0.3, 0.4) is 0 Å². The van der Waals surface area contributed by atoms with E-state index in [1.54, 1.807) is 0 Å². The van der Waals surface area contributed by atoms with Crippen LogP contribution in [0.1, 0.15) is 170 Å². The molecule has 0 aromatic heterocycles. The number of benzene rings is 1. The molecule has 268 valence electrons. The van der Waals surface area contributed by atoms with Crippen molar-refractivity contribution < 1.29 is 14.6 Å². The van der Waals surface area contributed by atoms with E-state index < -0.39 is 0 Å². The maximum absolute atomic E-state index is 11.1. The number of aromatic hydroxyl groups is 1. The Morgan fingerprint density at radius 1 is 0.787 bits per heavy atom. The average molecular weight is 651 g/mol. The van der Waals surface area contributed by atoms with Crippen LogP contribution in [0.15, 0.2) is 12.1 Å². The zero-order valence-electron chi connectivity index (χ0n) is 32.6. The molecule has 0 heterocycles. The van der Waals surface area contributed by atoms with E-state index in [9.17, 15) is 5.11 Å². The summed E-state index contributed by atoms with van der Waals surface area (Å²) in [4.78, 5) is 0. The summed E-state index contributed by atoms with van der Waals surface area (Å²) in [5.74, 6) is 6.81. The van der Waals surface area contributed by atoms with Crippen LogP contribution in [0, 0.1) is 52.3 Å². The number of hydrogen-bond donors (Lipinski definition) is 1. The van der Waals surface area contributed by atoms with Crippen molar-refractivity contribution in [2.24, 2.45) is 52.3 Å². The Morgan fingerprint density at radius 3 is 2.06 bits per heavy atom. The number of rotatable bonds is 11. The lowest BCUT2D eigenvalue weighted by atomic mass is 9.44. The molecule has 0 saturated heterocycles. The fraction of sp³-hybridized carbons (Fsp3) is 0.864. The fourth-order valence-corrected chi connectivity index (χ4v) is 11.8. The first-order chi connectivity index (χ1) is 21.9. The summed E-state index contributed by atoms with van der Waals surface area (Å²) in [6.45, 7) is 27.7. The van der Waals surface area contributed by atoms with Crippen molar-refractivity contribution in [2.75, 3.05) is 13.2 Å². The van der Waals surface area contributed by atoms with Gasteiger partial charge in [-0.3, -0.25) is 0 Å². The Bertz CT molecular complexity index is 1150. The van der Waals surface area contributed by atoms with Gasteiger partial charge in [0.25, 0.3) is 0 Å². The van der Waals surface area contributed by atoms with Gasteiger partial charge in [-0.1, -0.05) is 95.4 Å². The molecule has 4 aliphatic rings. The van der Waals surface area contributed by atoms with Gasteiger partial charge in [0.15, 0.2) is 0 Å².